The fourth-order valence-corrected chi connectivity index (χ4v) is 5.74. The van der Waals surface area contributed by atoms with Gasteiger partial charge in [0.05, 0.1) is 11.1 Å². The summed E-state index contributed by atoms with van der Waals surface area (Å²) in [5.41, 5.74) is 6.65. The van der Waals surface area contributed by atoms with Crippen molar-refractivity contribution in [3.8, 4) is 11.1 Å². The van der Waals surface area contributed by atoms with E-state index in [2.05, 4.69) is 36.4 Å². The molecule has 1 fully saturated rings. The molecule has 2 aliphatic rings. The third kappa shape index (κ3) is 3.08. The number of rotatable bonds is 4. The minimum Gasteiger partial charge on any atom is -0.479 e. The topological polar surface area (TPSA) is 59.4 Å². The summed E-state index contributed by atoms with van der Waals surface area (Å²) in [5, 5.41) is 13.6. The molecule has 1 saturated carbocycles. The predicted molar refractivity (Wildman–Crippen MR) is 131 cm³/mol. The van der Waals surface area contributed by atoms with Crippen LogP contribution in [0.1, 0.15) is 67.4 Å². The van der Waals surface area contributed by atoms with Crippen molar-refractivity contribution in [2.45, 2.75) is 57.7 Å². The van der Waals surface area contributed by atoms with Crippen LogP contribution in [-0.4, -0.2) is 21.7 Å². The monoisotopic (exact) mass is 437 g/mol. The summed E-state index contributed by atoms with van der Waals surface area (Å²) in [7, 11) is 0. The van der Waals surface area contributed by atoms with Gasteiger partial charge in [0.15, 0.2) is 6.10 Å². The molecule has 3 aromatic carbocycles. The molecule has 3 unspecified atom stereocenters. The lowest BCUT2D eigenvalue weighted by Gasteiger charge is -2.28. The molecule has 1 heterocycles. The largest absolute Gasteiger partial charge is 0.479 e. The molecular weight excluding hydrogens is 410 g/mol. The molecule has 0 amide bonds. The van der Waals surface area contributed by atoms with Gasteiger partial charge < -0.3 is 9.84 Å². The van der Waals surface area contributed by atoms with Crippen molar-refractivity contribution in [2.75, 3.05) is 0 Å². The zero-order valence-electron chi connectivity index (χ0n) is 19.3. The molecule has 0 spiro atoms. The number of hydrogen-bond donors (Lipinski definition) is 1. The zero-order chi connectivity index (χ0) is 23.1. The maximum absolute atomic E-state index is 12.5. The lowest BCUT2D eigenvalue weighted by molar-refractivity contribution is -0.160. The van der Waals surface area contributed by atoms with Gasteiger partial charge in [-0.2, -0.15) is 0 Å². The molecule has 1 N–H and O–H groups in total. The quantitative estimate of drug-likeness (QED) is 0.378. The van der Waals surface area contributed by atoms with Gasteiger partial charge in [0, 0.05) is 22.7 Å². The molecule has 6 rings (SSSR count). The maximum atomic E-state index is 12.5. The Morgan fingerprint density at radius 2 is 1.82 bits per heavy atom. The molecule has 1 aromatic heterocycles. The van der Waals surface area contributed by atoms with Gasteiger partial charge in [-0.25, -0.2) is 4.79 Å². The molecular formula is C29H27NO3. The first-order valence-corrected chi connectivity index (χ1v) is 11.6. The van der Waals surface area contributed by atoms with E-state index in [1.807, 2.05) is 46.0 Å². The van der Waals surface area contributed by atoms with Crippen molar-refractivity contribution in [1.82, 2.24) is 4.98 Å². The SMILES string of the molecule is Cc1cc2ccccc2c(-c2ccc3c4c(ccnc24)C2CC32)c1C(OC(C)(C)C)C(=O)O. The lowest BCUT2D eigenvalue weighted by atomic mass is 9.85. The molecule has 3 atom stereocenters. The molecule has 0 bridgehead atoms. The Balaban J connectivity index is 1.71. The van der Waals surface area contributed by atoms with E-state index < -0.39 is 17.7 Å². The van der Waals surface area contributed by atoms with Crippen LogP contribution in [0, 0.1) is 6.92 Å². The Morgan fingerprint density at radius 1 is 1.09 bits per heavy atom. The normalized spacial score (nSPS) is 19.6. The zero-order valence-corrected chi connectivity index (χ0v) is 19.3. The van der Waals surface area contributed by atoms with Gasteiger partial charge in [-0.05, 0) is 85.0 Å². The Morgan fingerprint density at radius 3 is 2.55 bits per heavy atom. The molecule has 4 heteroatoms. The number of aliphatic carboxylic acids is 1. The fourth-order valence-electron chi connectivity index (χ4n) is 5.74. The Kier molecular flexibility index (Phi) is 4.25. The summed E-state index contributed by atoms with van der Waals surface area (Å²) in [6.45, 7) is 7.67. The molecule has 4 aromatic rings. The van der Waals surface area contributed by atoms with Crippen LogP contribution in [0.4, 0.5) is 0 Å². The molecule has 0 saturated heterocycles. The van der Waals surface area contributed by atoms with Crippen LogP contribution in [0.25, 0.3) is 32.8 Å². The van der Waals surface area contributed by atoms with Crippen LogP contribution in [0.15, 0.2) is 54.7 Å². The molecule has 0 radical (unpaired) electrons. The van der Waals surface area contributed by atoms with E-state index in [1.165, 1.54) is 22.9 Å². The molecule has 4 nitrogen and oxygen atoms in total. The first kappa shape index (κ1) is 20.4. The van der Waals surface area contributed by atoms with Crippen LogP contribution in [0.5, 0.6) is 0 Å². The summed E-state index contributed by atoms with van der Waals surface area (Å²) in [4.78, 5) is 17.4. The van der Waals surface area contributed by atoms with Crippen LogP contribution >= 0.6 is 0 Å². The Hall–Kier alpha value is -3.24. The second kappa shape index (κ2) is 6.88. The number of ether oxygens (including phenoxy) is 1. The summed E-state index contributed by atoms with van der Waals surface area (Å²) in [6, 6.07) is 16.8. The summed E-state index contributed by atoms with van der Waals surface area (Å²) in [5.74, 6) is 0.251. The standard InChI is InChI=1S/C29H27NO3/c1-15-13-16-7-5-6-8-17(16)24(23(15)27(28(31)32)33-29(2,3)4)20-10-9-18-21-14-22(21)19-11-12-30-26(20)25(18)19/h5-13,21-22,27H,14H2,1-4H3,(H,31,32). The van der Waals surface area contributed by atoms with Crippen molar-refractivity contribution in [3.05, 3.63) is 77.0 Å². The van der Waals surface area contributed by atoms with E-state index >= 15 is 0 Å². The van der Waals surface area contributed by atoms with Crippen molar-refractivity contribution in [1.29, 1.82) is 0 Å². The average Bonchev–Trinajstić information content (AvgIpc) is 3.49. The molecule has 0 aliphatic heterocycles. The van der Waals surface area contributed by atoms with E-state index in [-0.39, 0.29) is 0 Å². The average molecular weight is 438 g/mol. The van der Waals surface area contributed by atoms with E-state index in [4.69, 9.17) is 9.72 Å². The number of nitrogens with zero attached hydrogens (tertiary/aromatic N) is 1. The van der Waals surface area contributed by atoms with Gasteiger partial charge in [0.2, 0.25) is 0 Å². The second-order valence-corrected chi connectivity index (χ2v) is 10.4. The number of hydrogen-bond acceptors (Lipinski definition) is 3. The second-order valence-electron chi connectivity index (χ2n) is 10.4. The van der Waals surface area contributed by atoms with Gasteiger partial charge in [-0.15, -0.1) is 0 Å². The van der Waals surface area contributed by atoms with E-state index in [1.54, 1.807) is 0 Å². The highest BCUT2D eigenvalue weighted by molar-refractivity contribution is 6.09. The van der Waals surface area contributed by atoms with Crippen LogP contribution in [0.2, 0.25) is 0 Å². The number of aromatic nitrogens is 1. The minimum atomic E-state index is -1.08. The number of carboxylic acid groups (broad SMARTS) is 1. The molecule has 166 valence electrons. The first-order chi connectivity index (χ1) is 15.7. The van der Waals surface area contributed by atoms with Gasteiger partial charge in [-0.1, -0.05) is 42.5 Å². The third-order valence-corrected chi connectivity index (χ3v) is 7.07. The lowest BCUT2D eigenvalue weighted by Crippen LogP contribution is -2.28. The van der Waals surface area contributed by atoms with E-state index in [0.29, 0.717) is 17.4 Å². The molecule has 2 aliphatic carbocycles. The van der Waals surface area contributed by atoms with Crippen molar-refractivity contribution >= 4 is 27.6 Å². The summed E-state index contributed by atoms with van der Waals surface area (Å²) >= 11 is 0. The predicted octanol–water partition coefficient (Wildman–Crippen LogP) is 6.89. The van der Waals surface area contributed by atoms with Gasteiger partial charge in [-0.3, -0.25) is 4.98 Å². The smallest absolute Gasteiger partial charge is 0.337 e. The third-order valence-electron chi connectivity index (χ3n) is 7.07. The number of carboxylic acids is 1. The number of fused-ring (bicyclic) bond motifs is 4. The highest BCUT2D eigenvalue weighted by Gasteiger charge is 2.47. The van der Waals surface area contributed by atoms with E-state index in [9.17, 15) is 9.90 Å². The number of benzene rings is 3. The fraction of sp³-hybridized carbons (Fsp3) is 0.310. The number of pyridine rings is 1. The summed E-state index contributed by atoms with van der Waals surface area (Å²) < 4.78 is 6.15. The highest BCUT2D eigenvalue weighted by Crippen LogP contribution is 2.63. The van der Waals surface area contributed by atoms with Gasteiger partial charge >= 0.3 is 5.97 Å². The number of aryl methyl sites for hydroxylation is 1. The van der Waals surface area contributed by atoms with Crippen LogP contribution in [0.3, 0.4) is 0 Å². The van der Waals surface area contributed by atoms with Gasteiger partial charge in [0.25, 0.3) is 0 Å². The highest BCUT2D eigenvalue weighted by atomic mass is 16.5. The number of carbonyl (C=O) groups is 1. The van der Waals surface area contributed by atoms with Gasteiger partial charge in [0.1, 0.15) is 0 Å². The van der Waals surface area contributed by atoms with Crippen molar-refractivity contribution in [2.24, 2.45) is 0 Å². The first-order valence-electron chi connectivity index (χ1n) is 11.6. The van der Waals surface area contributed by atoms with Crippen LogP contribution in [-0.2, 0) is 9.53 Å². The van der Waals surface area contributed by atoms with Crippen molar-refractivity contribution in [3.63, 3.8) is 0 Å². The Bertz CT molecular complexity index is 1450. The maximum Gasteiger partial charge on any atom is 0.337 e. The summed E-state index contributed by atoms with van der Waals surface area (Å²) in [6.07, 6.45) is 2.05. The Labute approximate surface area is 193 Å². The van der Waals surface area contributed by atoms with Crippen molar-refractivity contribution < 1.29 is 14.6 Å². The molecule has 33 heavy (non-hydrogen) atoms. The minimum absolute atomic E-state index is 0.611. The van der Waals surface area contributed by atoms with Crippen LogP contribution < -0.4 is 0 Å². The van der Waals surface area contributed by atoms with E-state index in [0.717, 1.165) is 33.0 Å².